The molecule has 3 aromatic rings. The van der Waals surface area contributed by atoms with Crippen LogP contribution in [0.4, 0.5) is 5.95 Å². The van der Waals surface area contributed by atoms with E-state index in [1.54, 1.807) is 25.1 Å². The van der Waals surface area contributed by atoms with Gasteiger partial charge in [0.2, 0.25) is 17.7 Å². The molecule has 1 saturated heterocycles. The minimum atomic E-state index is -4.13. The maximum atomic E-state index is 14.4. The number of benzene rings is 2. The summed E-state index contributed by atoms with van der Waals surface area (Å²) in [6.45, 7) is 11.5. The van der Waals surface area contributed by atoms with Crippen LogP contribution in [0.3, 0.4) is 0 Å². The third kappa shape index (κ3) is 6.34. The van der Waals surface area contributed by atoms with Gasteiger partial charge in [-0.3, -0.25) is 9.59 Å². The zero-order chi connectivity index (χ0) is 32.8. The number of amides is 2. The number of piperidine rings is 1. The molecule has 3 heterocycles. The molecule has 10 nitrogen and oxygen atoms in total. The zero-order valence-electron chi connectivity index (χ0n) is 27.2. The van der Waals surface area contributed by atoms with E-state index in [1.165, 1.54) is 12.1 Å². The molecule has 244 valence electrons. The Bertz CT molecular complexity index is 1740. The van der Waals surface area contributed by atoms with Crippen LogP contribution in [0.5, 0.6) is 5.88 Å². The van der Waals surface area contributed by atoms with E-state index in [9.17, 15) is 18.0 Å². The van der Waals surface area contributed by atoms with Gasteiger partial charge in [0.1, 0.15) is 6.61 Å². The number of ether oxygens (including phenoxy) is 1. The first-order chi connectivity index (χ1) is 21.8. The summed E-state index contributed by atoms with van der Waals surface area (Å²) in [6.07, 6.45) is 4.21. The molecule has 2 amide bonds. The summed E-state index contributed by atoms with van der Waals surface area (Å²) in [4.78, 5) is 39.3. The van der Waals surface area contributed by atoms with Gasteiger partial charge in [-0.1, -0.05) is 38.1 Å². The lowest BCUT2D eigenvalue weighted by Crippen LogP contribution is -2.60. The van der Waals surface area contributed by atoms with E-state index < -0.39 is 10.0 Å². The second-order valence-corrected chi connectivity index (χ2v) is 15.4. The smallest absolute Gasteiger partial charge is 0.264 e. The van der Waals surface area contributed by atoms with Crippen molar-refractivity contribution in [1.29, 1.82) is 0 Å². The van der Waals surface area contributed by atoms with E-state index in [4.69, 9.17) is 4.74 Å². The van der Waals surface area contributed by atoms with Gasteiger partial charge in [0.15, 0.2) is 0 Å². The van der Waals surface area contributed by atoms with E-state index in [0.29, 0.717) is 17.7 Å². The molecule has 11 heteroatoms. The molecule has 1 spiro atoms. The lowest BCUT2D eigenvalue weighted by Gasteiger charge is -2.56. The number of nitrogens with zero attached hydrogens (tertiary/aromatic N) is 4. The summed E-state index contributed by atoms with van der Waals surface area (Å²) in [7, 11) is -4.13. The molecule has 4 bridgehead atoms. The van der Waals surface area contributed by atoms with Crippen molar-refractivity contribution in [3.8, 4) is 17.1 Å². The highest BCUT2D eigenvalue weighted by atomic mass is 32.2. The fourth-order valence-electron chi connectivity index (χ4n) is 7.47. The fourth-order valence-corrected chi connectivity index (χ4v) is 8.46. The number of aromatic nitrogens is 2. The van der Waals surface area contributed by atoms with Crippen molar-refractivity contribution < 1.29 is 22.7 Å². The molecular formula is C35H43N5O5S. The molecular weight excluding hydrogens is 602 g/mol. The highest BCUT2D eigenvalue weighted by Gasteiger charge is 2.50. The summed E-state index contributed by atoms with van der Waals surface area (Å²) in [5.74, 6) is 0.305. The van der Waals surface area contributed by atoms with Crippen LogP contribution < -0.4 is 9.46 Å². The predicted octanol–water partition coefficient (Wildman–Crippen LogP) is 5.60. The Labute approximate surface area is 271 Å². The van der Waals surface area contributed by atoms with E-state index >= 15 is 0 Å². The van der Waals surface area contributed by atoms with Crippen LogP contribution in [-0.4, -0.2) is 71.8 Å². The van der Waals surface area contributed by atoms with Crippen molar-refractivity contribution in [1.82, 2.24) is 19.8 Å². The van der Waals surface area contributed by atoms with Crippen molar-refractivity contribution in [2.75, 3.05) is 24.4 Å². The van der Waals surface area contributed by atoms with Crippen molar-refractivity contribution in [2.45, 2.75) is 83.7 Å². The van der Waals surface area contributed by atoms with E-state index in [2.05, 4.69) is 28.5 Å². The number of anilines is 1. The number of fused-ring (bicyclic) bond motifs is 4. The van der Waals surface area contributed by atoms with Gasteiger partial charge in [0, 0.05) is 43.2 Å². The summed E-state index contributed by atoms with van der Waals surface area (Å²) in [5.41, 5.74) is 3.82. The first-order valence-corrected chi connectivity index (χ1v) is 17.6. The molecule has 2 aliphatic heterocycles. The number of hydrogen-bond donors (Lipinski definition) is 1. The van der Waals surface area contributed by atoms with Gasteiger partial charge in [0.05, 0.1) is 16.6 Å². The lowest BCUT2D eigenvalue weighted by atomic mass is 9.59. The number of nitrogens with one attached hydrogen (secondary N) is 1. The molecule has 46 heavy (non-hydrogen) atoms. The van der Waals surface area contributed by atoms with Crippen LogP contribution >= 0.6 is 0 Å². The average Bonchev–Trinajstić information content (AvgIpc) is 2.98. The minimum absolute atomic E-state index is 0.0293. The van der Waals surface area contributed by atoms with Crippen LogP contribution in [0, 0.1) is 25.2 Å². The largest absolute Gasteiger partial charge is 0.475 e. The van der Waals surface area contributed by atoms with E-state index in [1.807, 2.05) is 41.8 Å². The molecule has 0 unspecified atom stereocenters. The molecule has 1 aliphatic carbocycles. The maximum Gasteiger partial charge on any atom is 0.264 e. The van der Waals surface area contributed by atoms with Crippen LogP contribution in [0.15, 0.2) is 53.4 Å². The number of rotatable bonds is 4. The first-order valence-electron chi connectivity index (χ1n) is 16.1. The second kappa shape index (κ2) is 12.3. The van der Waals surface area contributed by atoms with Crippen LogP contribution in [0.2, 0.25) is 0 Å². The molecule has 2 aromatic carbocycles. The molecule has 2 fully saturated rings. The van der Waals surface area contributed by atoms with Gasteiger partial charge in [-0.2, -0.15) is 4.98 Å². The molecule has 1 atom stereocenters. The topological polar surface area (TPSA) is 122 Å². The van der Waals surface area contributed by atoms with Crippen molar-refractivity contribution in [3.05, 3.63) is 65.2 Å². The summed E-state index contributed by atoms with van der Waals surface area (Å²) < 4.78 is 36.2. The lowest BCUT2D eigenvalue weighted by molar-refractivity contribution is -0.133. The van der Waals surface area contributed by atoms with Gasteiger partial charge in [-0.25, -0.2) is 18.1 Å². The Kier molecular flexibility index (Phi) is 8.56. The Morgan fingerprint density at radius 3 is 2.37 bits per heavy atom. The van der Waals surface area contributed by atoms with Gasteiger partial charge in [0.25, 0.3) is 15.9 Å². The Morgan fingerprint density at radius 2 is 1.72 bits per heavy atom. The number of sulfonamides is 1. The zero-order valence-corrected chi connectivity index (χ0v) is 28.1. The van der Waals surface area contributed by atoms with Crippen molar-refractivity contribution >= 4 is 27.8 Å². The average molecular weight is 646 g/mol. The summed E-state index contributed by atoms with van der Waals surface area (Å²) in [6, 6.07) is 13.6. The number of carbonyl (C=O) groups is 2. The van der Waals surface area contributed by atoms with Crippen LogP contribution in [0.1, 0.15) is 74.4 Å². The van der Waals surface area contributed by atoms with Gasteiger partial charge in [-0.05, 0) is 86.6 Å². The standard InChI is InChI=1S/C35H43N5O5S/c1-22(2)16-27-21-45-31-18-30(32-23(3)8-6-9-24(32)4)36-34(37-31)38-46(43,44)29-11-7-10-26(17-29)33(42)40(27)28-19-35(20-28)12-14-39(15-13-35)25(5)41/h6-11,17-18,22,27-28H,12-16,19-21H2,1-5H3,(H,36,37,38)/t27-/m1/s1. The number of hydrogen-bond acceptors (Lipinski definition) is 7. The quantitative estimate of drug-likeness (QED) is 0.392. The van der Waals surface area contributed by atoms with E-state index in [-0.39, 0.29) is 58.6 Å². The SMILES string of the molecule is CC(=O)N1CCC2(CC1)CC(N1C(=O)c3cccc(c3)S(=O)(=O)Nc3nc(cc(-c4c(C)cccc4C)n3)OC[C@H]1CC(C)C)C2. The van der Waals surface area contributed by atoms with Gasteiger partial charge >= 0.3 is 0 Å². The fraction of sp³-hybridized carbons (Fsp3) is 0.486. The first kappa shape index (κ1) is 32.0. The molecule has 1 N–H and O–H groups in total. The summed E-state index contributed by atoms with van der Waals surface area (Å²) in [5, 5.41) is 0. The third-order valence-electron chi connectivity index (χ3n) is 9.85. The Hall–Kier alpha value is -3.99. The highest BCUT2D eigenvalue weighted by Crippen LogP contribution is 2.52. The predicted molar refractivity (Wildman–Crippen MR) is 176 cm³/mol. The van der Waals surface area contributed by atoms with Gasteiger partial charge < -0.3 is 14.5 Å². The van der Waals surface area contributed by atoms with Crippen molar-refractivity contribution in [2.24, 2.45) is 11.3 Å². The minimum Gasteiger partial charge on any atom is -0.475 e. The Balaban J connectivity index is 1.41. The van der Waals surface area contributed by atoms with Gasteiger partial charge in [-0.15, -0.1) is 0 Å². The Morgan fingerprint density at radius 1 is 1.04 bits per heavy atom. The molecule has 1 saturated carbocycles. The van der Waals surface area contributed by atoms with Crippen LogP contribution in [0.25, 0.3) is 11.3 Å². The second-order valence-electron chi connectivity index (χ2n) is 13.7. The molecule has 6 rings (SSSR count). The summed E-state index contributed by atoms with van der Waals surface area (Å²) >= 11 is 0. The van der Waals surface area contributed by atoms with Crippen LogP contribution in [-0.2, 0) is 14.8 Å². The monoisotopic (exact) mass is 645 g/mol. The molecule has 3 aliphatic rings. The van der Waals surface area contributed by atoms with Crippen molar-refractivity contribution in [3.63, 3.8) is 0 Å². The van der Waals surface area contributed by atoms with E-state index in [0.717, 1.165) is 55.5 Å². The number of aryl methyl sites for hydroxylation is 2. The maximum absolute atomic E-state index is 14.4. The highest BCUT2D eigenvalue weighted by molar-refractivity contribution is 7.92. The normalized spacial score (nSPS) is 21.0. The third-order valence-corrected chi connectivity index (χ3v) is 11.2. The number of likely N-dealkylation sites (tertiary alicyclic amines) is 1. The molecule has 0 radical (unpaired) electrons. The molecule has 1 aromatic heterocycles. The number of carbonyl (C=O) groups excluding carboxylic acids is 2.